The minimum absolute atomic E-state index is 0.166. The summed E-state index contributed by atoms with van der Waals surface area (Å²) in [7, 11) is 0. The van der Waals surface area contributed by atoms with Gasteiger partial charge in [0.2, 0.25) is 5.89 Å². The lowest BCUT2D eigenvalue weighted by atomic mass is 9.92. The summed E-state index contributed by atoms with van der Waals surface area (Å²) >= 11 is 0. The van der Waals surface area contributed by atoms with E-state index in [1.165, 1.54) is 0 Å². The van der Waals surface area contributed by atoms with Crippen LogP contribution in [0.1, 0.15) is 56.3 Å². The average Bonchev–Trinajstić information content (AvgIpc) is 3.19. The Morgan fingerprint density at radius 2 is 2.17 bits per heavy atom. The van der Waals surface area contributed by atoms with Crippen LogP contribution in [0.4, 0.5) is 9.59 Å². The molecule has 1 atom stereocenters. The first kappa shape index (κ1) is 15.2. The molecule has 24 heavy (non-hydrogen) atoms. The van der Waals surface area contributed by atoms with Crippen LogP contribution >= 0.6 is 0 Å². The Balaban J connectivity index is 1.30. The van der Waals surface area contributed by atoms with Crippen molar-refractivity contribution in [1.29, 1.82) is 0 Å². The lowest BCUT2D eigenvalue weighted by Gasteiger charge is -2.37. The number of piperidine rings is 1. The number of hydrogen-bond donors (Lipinski definition) is 2. The largest absolute Gasteiger partial charge is 0.441 e. The van der Waals surface area contributed by atoms with E-state index in [4.69, 9.17) is 9.26 Å². The first-order chi connectivity index (χ1) is 11.5. The highest BCUT2D eigenvalue weighted by molar-refractivity contribution is 5.75. The number of alkyl carbamates (subject to hydrolysis) is 1. The molecule has 2 saturated heterocycles. The van der Waals surface area contributed by atoms with Crippen LogP contribution in [0.3, 0.4) is 0 Å². The van der Waals surface area contributed by atoms with Crippen LogP contribution in [0.15, 0.2) is 4.52 Å². The molecule has 1 saturated carbocycles. The maximum absolute atomic E-state index is 12.4. The van der Waals surface area contributed by atoms with Gasteiger partial charge in [-0.25, -0.2) is 9.59 Å². The van der Waals surface area contributed by atoms with E-state index in [0.717, 1.165) is 18.7 Å². The number of likely N-dealkylation sites (tertiary alicyclic amines) is 1. The Bertz CT molecular complexity index is 648. The molecule has 0 radical (unpaired) electrons. The third-order valence-corrected chi connectivity index (χ3v) is 4.94. The van der Waals surface area contributed by atoms with E-state index in [2.05, 4.69) is 20.8 Å². The van der Waals surface area contributed by atoms with Gasteiger partial charge in [-0.05, 0) is 19.8 Å². The van der Waals surface area contributed by atoms with Gasteiger partial charge < -0.3 is 24.8 Å². The van der Waals surface area contributed by atoms with Crippen molar-refractivity contribution >= 4 is 12.1 Å². The normalized spacial score (nSPS) is 23.7. The molecule has 1 aromatic rings. The summed E-state index contributed by atoms with van der Waals surface area (Å²) in [6.07, 6.45) is 3.12. The van der Waals surface area contributed by atoms with Crippen molar-refractivity contribution in [3.63, 3.8) is 0 Å². The van der Waals surface area contributed by atoms with Crippen LogP contribution < -0.4 is 10.6 Å². The molecule has 1 spiro atoms. The third-order valence-electron chi connectivity index (χ3n) is 4.94. The number of urea groups is 1. The molecule has 1 aliphatic carbocycles. The summed E-state index contributed by atoms with van der Waals surface area (Å²) in [5.41, 5.74) is -0.453. The summed E-state index contributed by atoms with van der Waals surface area (Å²) in [5.74, 6) is 1.60. The Morgan fingerprint density at radius 3 is 2.79 bits per heavy atom. The molecular formula is C15H21N5O4. The molecule has 9 nitrogen and oxygen atoms in total. The van der Waals surface area contributed by atoms with E-state index in [9.17, 15) is 9.59 Å². The number of hydrogen-bond acceptors (Lipinski definition) is 6. The van der Waals surface area contributed by atoms with E-state index in [1.54, 1.807) is 4.90 Å². The zero-order valence-electron chi connectivity index (χ0n) is 13.6. The van der Waals surface area contributed by atoms with Crippen molar-refractivity contribution in [3.8, 4) is 0 Å². The van der Waals surface area contributed by atoms with E-state index in [1.807, 2.05) is 6.92 Å². The van der Waals surface area contributed by atoms with Crippen molar-refractivity contribution in [2.24, 2.45) is 0 Å². The second-order valence-electron chi connectivity index (χ2n) is 6.85. The number of nitrogens with one attached hydrogen (secondary N) is 2. The molecule has 9 heteroatoms. The minimum atomic E-state index is -0.453. The second-order valence-corrected chi connectivity index (χ2v) is 6.85. The molecule has 1 aromatic heterocycles. The van der Waals surface area contributed by atoms with Gasteiger partial charge >= 0.3 is 12.1 Å². The molecule has 4 rings (SSSR count). The third kappa shape index (κ3) is 2.90. The van der Waals surface area contributed by atoms with E-state index < -0.39 is 5.60 Å². The predicted octanol–water partition coefficient (Wildman–Crippen LogP) is 1.29. The summed E-state index contributed by atoms with van der Waals surface area (Å²) in [5, 5.41) is 9.55. The molecule has 130 valence electrons. The van der Waals surface area contributed by atoms with Crippen LogP contribution in [0, 0.1) is 0 Å². The van der Waals surface area contributed by atoms with Gasteiger partial charge in [0.15, 0.2) is 5.82 Å². The van der Waals surface area contributed by atoms with Gasteiger partial charge in [-0.2, -0.15) is 4.98 Å². The fourth-order valence-corrected chi connectivity index (χ4v) is 3.17. The van der Waals surface area contributed by atoms with Crippen LogP contribution in [-0.2, 0) is 4.74 Å². The second kappa shape index (κ2) is 5.64. The highest BCUT2D eigenvalue weighted by Gasteiger charge is 2.43. The fourth-order valence-electron chi connectivity index (χ4n) is 3.17. The standard InChI is InChI=1S/C15H21N5O4/c1-9(12-18-11(19-24-12)10-2-3-10)17-13(21)20-6-4-15(5-7-20)8-16-14(22)23-15/h9-10H,2-8H2,1H3,(H,16,22)(H,17,21)/t9-/m0/s1. The SMILES string of the molecule is C[C@H](NC(=O)N1CCC2(CC1)CNC(=O)O2)c1nc(C2CC2)no1. The summed E-state index contributed by atoms with van der Waals surface area (Å²) in [4.78, 5) is 29.7. The number of ether oxygens (including phenoxy) is 1. The smallest absolute Gasteiger partial charge is 0.407 e. The van der Waals surface area contributed by atoms with Crippen molar-refractivity contribution in [1.82, 2.24) is 25.7 Å². The van der Waals surface area contributed by atoms with Gasteiger partial charge in [-0.3, -0.25) is 0 Å². The van der Waals surface area contributed by atoms with E-state index >= 15 is 0 Å². The van der Waals surface area contributed by atoms with Crippen molar-refractivity contribution < 1.29 is 18.8 Å². The van der Waals surface area contributed by atoms with Gasteiger partial charge in [0.05, 0.1) is 6.54 Å². The quantitative estimate of drug-likeness (QED) is 0.861. The number of nitrogens with zero attached hydrogens (tertiary/aromatic N) is 3. The Labute approximate surface area is 139 Å². The fraction of sp³-hybridized carbons (Fsp3) is 0.733. The Kier molecular flexibility index (Phi) is 3.58. The monoisotopic (exact) mass is 335 g/mol. The number of aromatic nitrogens is 2. The molecule has 0 bridgehead atoms. The molecule has 0 unspecified atom stereocenters. The van der Waals surface area contributed by atoms with Gasteiger partial charge in [-0.15, -0.1) is 0 Å². The Morgan fingerprint density at radius 1 is 1.42 bits per heavy atom. The average molecular weight is 335 g/mol. The van der Waals surface area contributed by atoms with Crippen LogP contribution in [-0.4, -0.2) is 52.4 Å². The minimum Gasteiger partial charge on any atom is -0.441 e. The summed E-state index contributed by atoms with van der Waals surface area (Å²) in [6, 6.07) is -0.500. The van der Waals surface area contributed by atoms with Crippen LogP contribution in [0.5, 0.6) is 0 Å². The number of rotatable bonds is 3. The Hall–Kier alpha value is -2.32. The zero-order chi connectivity index (χ0) is 16.7. The summed E-state index contributed by atoms with van der Waals surface area (Å²) < 4.78 is 10.6. The summed E-state index contributed by atoms with van der Waals surface area (Å²) in [6.45, 7) is 3.44. The van der Waals surface area contributed by atoms with Crippen molar-refractivity contribution in [3.05, 3.63) is 11.7 Å². The predicted molar refractivity (Wildman–Crippen MR) is 81.2 cm³/mol. The number of carbonyl (C=O) groups is 2. The van der Waals surface area contributed by atoms with Crippen LogP contribution in [0.2, 0.25) is 0 Å². The maximum atomic E-state index is 12.4. The van der Waals surface area contributed by atoms with Gasteiger partial charge in [-0.1, -0.05) is 5.16 Å². The zero-order valence-corrected chi connectivity index (χ0v) is 13.6. The first-order valence-corrected chi connectivity index (χ1v) is 8.40. The molecule has 0 aromatic carbocycles. The van der Waals surface area contributed by atoms with E-state index in [0.29, 0.717) is 44.3 Å². The molecule has 2 aliphatic heterocycles. The van der Waals surface area contributed by atoms with Gasteiger partial charge in [0.1, 0.15) is 11.6 Å². The van der Waals surface area contributed by atoms with Gasteiger partial charge in [0, 0.05) is 31.8 Å². The first-order valence-electron chi connectivity index (χ1n) is 8.40. The molecule has 3 amide bonds. The van der Waals surface area contributed by atoms with E-state index in [-0.39, 0.29) is 18.2 Å². The lowest BCUT2D eigenvalue weighted by molar-refractivity contribution is 0.00949. The molecule has 3 aliphatic rings. The molecule has 3 heterocycles. The molecule has 2 N–H and O–H groups in total. The van der Waals surface area contributed by atoms with Gasteiger partial charge in [0.25, 0.3) is 0 Å². The lowest BCUT2D eigenvalue weighted by Crippen LogP contribution is -2.51. The number of amides is 3. The molecular weight excluding hydrogens is 314 g/mol. The van der Waals surface area contributed by atoms with Crippen molar-refractivity contribution in [2.45, 2.75) is 50.2 Å². The topological polar surface area (TPSA) is 110 Å². The highest BCUT2D eigenvalue weighted by atomic mass is 16.6. The highest BCUT2D eigenvalue weighted by Crippen LogP contribution is 2.38. The maximum Gasteiger partial charge on any atom is 0.407 e. The van der Waals surface area contributed by atoms with Crippen molar-refractivity contribution in [2.75, 3.05) is 19.6 Å². The number of carbonyl (C=O) groups excluding carboxylic acids is 2. The molecule has 3 fully saturated rings. The van der Waals surface area contributed by atoms with Crippen LogP contribution in [0.25, 0.3) is 0 Å².